The molecule has 1 heterocycles. The number of halogens is 1. The highest BCUT2D eigenvalue weighted by Gasteiger charge is 2.32. The molecule has 19 heavy (non-hydrogen) atoms. The lowest BCUT2D eigenvalue weighted by Gasteiger charge is -2.20. The molecule has 0 bridgehead atoms. The number of rotatable bonds is 4. The van der Waals surface area contributed by atoms with Crippen LogP contribution in [0.25, 0.3) is 0 Å². The van der Waals surface area contributed by atoms with Crippen LogP contribution in [-0.4, -0.2) is 4.98 Å². The molecule has 1 aromatic heterocycles. The second-order valence-electron chi connectivity index (χ2n) is 5.20. The Bertz CT molecular complexity index is 544. The number of aryl methyl sites for hydroxylation is 1. The molecule has 3 heteroatoms. The van der Waals surface area contributed by atoms with Crippen LogP contribution < -0.4 is 5.32 Å². The number of pyridine rings is 1. The van der Waals surface area contributed by atoms with Crippen LogP contribution in [0.4, 0.5) is 5.69 Å². The fourth-order valence-electron chi connectivity index (χ4n) is 2.31. The predicted molar refractivity (Wildman–Crippen MR) is 79.5 cm³/mol. The zero-order valence-electron chi connectivity index (χ0n) is 10.9. The fourth-order valence-corrected chi connectivity index (χ4v) is 2.43. The summed E-state index contributed by atoms with van der Waals surface area (Å²) >= 11 is 5.96. The molecule has 1 saturated carbocycles. The van der Waals surface area contributed by atoms with Gasteiger partial charge in [0.1, 0.15) is 0 Å². The third kappa shape index (κ3) is 3.07. The average Bonchev–Trinajstić information content (AvgIpc) is 3.24. The Morgan fingerprint density at radius 1 is 1.16 bits per heavy atom. The molecular weight excluding hydrogens is 256 g/mol. The third-order valence-corrected chi connectivity index (χ3v) is 3.81. The summed E-state index contributed by atoms with van der Waals surface area (Å²) in [6.45, 7) is 2.00. The summed E-state index contributed by atoms with van der Waals surface area (Å²) in [7, 11) is 0. The first-order valence-corrected chi connectivity index (χ1v) is 7.05. The van der Waals surface area contributed by atoms with Gasteiger partial charge in [0, 0.05) is 10.7 Å². The van der Waals surface area contributed by atoms with Crippen LogP contribution in [0.15, 0.2) is 42.6 Å². The predicted octanol–water partition coefficient (Wildman–Crippen LogP) is 4.61. The Labute approximate surface area is 118 Å². The maximum absolute atomic E-state index is 5.96. The number of hydrogen-bond donors (Lipinski definition) is 1. The topological polar surface area (TPSA) is 24.9 Å². The highest BCUT2D eigenvalue weighted by atomic mass is 35.5. The maximum Gasteiger partial charge on any atom is 0.0542 e. The van der Waals surface area contributed by atoms with Crippen molar-refractivity contribution in [2.24, 2.45) is 5.92 Å². The smallest absolute Gasteiger partial charge is 0.0542 e. The Morgan fingerprint density at radius 3 is 2.47 bits per heavy atom. The molecule has 1 aliphatic rings. The molecule has 0 spiro atoms. The summed E-state index contributed by atoms with van der Waals surface area (Å²) in [4.78, 5) is 4.34. The number of aromatic nitrogens is 1. The molecular formula is C16H17ClN2. The van der Waals surface area contributed by atoms with E-state index in [9.17, 15) is 0 Å². The van der Waals surface area contributed by atoms with Crippen LogP contribution in [0.3, 0.4) is 0 Å². The molecule has 0 aliphatic heterocycles. The first-order valence-electron chi connectivity index (χ1n) is 6.67. The first-order chi connectivity index (χ1) is 9.22. The molecule has 1 aliphatic carbocycles. The van der Waals surface area contributed by atoms with E-state index in [4.69, 9.17) is 11.6 Å². The van der Waals surface area contributed by atoms with Gasteiger partial charge >= 0.3 is 0 Å². The summed E-state index contributed by atoms with van der Waals surface area (Å²) in [5.41, 5.74) is 3.42. The van der Waals surface area contributed by atoms with E-state index in [1.54, 1.807) is 0 Å². The zero-order valence-corrected chi connectivity index (χ0v) is 11.7. The van der Waals surface area contributed by atoms with Crippen LogP contribution >= 0.6 is 11.6 Å². The molecule has 2 nitrogen and oxygen atoms in total. The Balaban J connectivity index is 1.81. The van der Waals surface area contributed by atoms with Crippen molar-refractivity contribution in [1.29, 1.82) is 0 Å². The monoisotopic (exact) mass is 272 g/mol. The molecule has 1 atom stereocenters. The van der Waals surface area contributed by atoms with Crippen LogP contribution in [0.1, 0.15) is 30.1 Å². The quantitative estimate of drug-likeness (QED) is 0.879. The molecule has 1 N–H and O–H groups in total. The molecule has 1 aromatic carbocycles. The van der Waals surface area contributed by atoms with Crippen molar-refractivity contribution in [2.45, 2.75) is 25.8 Å². The average molecular weight is 273 g/mol. The largest absolute Gasteiger partial charge is 0.377 e. The van der Waals surface area contributed by atoms with Crippen molar-refractivity contribution in [3.05, 3.63) is 58.9 Å². The van der Waals surface area contributed by atoms with E-state index >= 15 is 0 Å². The molecule has 2 aromatic rings. The number of nitrogens with zero attached hydrogens (tertiary/aromatic N) is 1. The minimum Gasteiger partial charge on any atom is -0.377 e. The molecule has 0 amide bonds. The normalized spacial score (nSPS) is 16.1. The second-order valence-corrected chi connectivity index (χ2v) is 5.64. The van der Waals surface area contributed by atoms with Gasteiger partial charge in [-0.25, -0.2) is 0 Å². The van der Waals surface area contributed by atoms with Gasteiger partial charge in [0.15, 0.2) is 0 Å². The van der Waals surface area contributed by atoms with Crippen LogP contribution in [0.2, 0.25) is 5.02 Å². The number of anilines is 1. The van der Waals surface area contributed by atoms with E-state index in [-0.39, 0.29) is 0 Å². The summed E-state index contributed by atoms with van der Waals surface area (Å²) in [5, 5.41) is 4.39. The van der Waals surface area contributed by atoms with Gasteiger partial charge in [-0.05, 0) is 55.5 Å². The first kappa shape index (κ1) is 12.5. The number of nitrogens with one attached hydrogen (secondary N) is 1. The van der Waals surface area contributed by atoms with Crippen molar-refractivity contribution >= 4 is 17.3 Å². The Kier molecular flexibility index (Phi) is 3.43. The van der Waals surface area contributed by atoms with E-state index in [1.165, 1.54) is 18.4 Å². The Hall–Kier alpha value is -1.54. The van der Waals surface area contributed by atoms with Crippen molar-refractivity contribution < 1.29 is 0 Å². The fraction of sp³-hybridized carbons (Fsp3) is 0.312. The van der Waals surface area contributed by atoms with Crippen LogP contribution in [-0.2, 0) is 0 Å². The summed E-state index contributed by atoms with van der Waals surface area (Å²) in [5.74, 6) is 0.725. The maximum atomic E-state index is 5.96. The van der Waals surface area contributed by atoms with E-state index in [0.717, 1.165) is 22.3 Å². The zero-order chi connectivity index (χ0) is 13.2. The van der Waals surface area contributed by atoms with Crippen molar-refractivity contribution in [3.8, 4) is 0 Å². The molecule has 1 fully saturated rings. The third-order valence-electron chi connectivity index (χ3n) is 3.56. The summed E-state index contributed by atoms with van der Waals surface area (Å²) in [6.07, 6.45) is 4.49. The van der Waals surface area contributed by atoms with Gasteiger partial charge in [-0.1, -0.05) is 23.7 Å². The van der Waals surface area contributed by atoms with Gasteiger partial charge in [0.25, 0.3) is 0 Å². The number of benzene rings is 1. The van der Waals surface area contributed by atoms with Crippen molar-refractivity contribution in [1.82, 2.24) is 4.98 Å². The van der Waals surface area contributed by atoms with Gasteiger partial charge in [0.2, 0.25) is 0 Å². The van der Waals surface area contributed by atoms with E-state index < -0.39 is 0 Å². The molecule has 0 radical (unpaired) electrons. The molecule has 0 saturated heterocycles. The molecule has 1 unspecified atom stereocenters. The van der Waals surface area contributed by atoms with Gasteiger partial charge < -0.3 is 5.32 Å². The number of hydrogen-bond acceptors (Lipinski definition) is 2. The van der Waals surface area contributed by atoms with E-state index in [0.29, 0.717) is 6.04 Å². The lowest BCUT2D eigenvalue weighted by Crippen LogP contribution is -2.13. The minimum atomic E-state index is 0.363. The Morgan fingerprint density at radius 2 is 1.89 bits per heavy atom. The molecule has 98 valence electrons. The SMILES string of the molecule is Cc1ccc(NC(c2ccc(Cl)cc2)C2CC2)cn1. The minimum absolute atomic E-state index is 0.363. The van der Waals surface area contributed by atoms with Crippen LogP contribution in [0.5, 0.6) is 0 Å². The van der Waals surface area contributed by atoms with E-state index in [2.05, 4.69) is 28.5 Å². The van der Waals surface area contributed by atoms with Crippen LogP contribution in [0, 0.1) is 12.8 Å². The van der Waals surface area contributed by atoms with Gasteiger partial charge in [-0.15, -0.1) is 0 Å². The highest BCUT2D eigenvalue weighted by molar-refractivity contribution is 6.30. The lowest BCUT2D eigenvalue weighted by molar-refractivity contribution is 0.678. The summed E-state index contributed by atoms with van der Waals surface area (Å²) in [6, 6.07) is 12.6. The lowest BCUT2D eigenvalue weighted by atomic mass is 10.0. The van der Waals surface area contributed by atoms with E-state index in [1.807, 2.05) is 31.3 Å². The second kappa shape index (κ2) is 5.22. The van der Waals surface area contributed by atoms with Crippen molar-refractivity contribution in [3.63, 3.8) is 0 Å². The standard InChI is InChI=1S/C16H17ClN2/c1-11-2-9-15(10-18-11)19-16(12-3-4-12)13-5-7-14(17)8-6-13/h2,5-10,12,16,19H,3-4H2,1H3. The van der Waals surface area contributed by atoms with Crippen molar-refractivity contribution in [2.75, 3.05) is 5.32 Å². The van der Waals surface area contributed by atoms with Gasteiger partial charge in [-0.2, -0.15) is 0 Å². The van der Waals surface area contributed by atoms with Gasteiger partial charge in [-0.3, -0.25) is 4.98 Å². The highest BCUT2D eigenvalue weighted by Crippen LogP contribution is 2.42. The summed E-state index contributed by atoms with van der Waals surface area (Å²) < 4.78 is 0. The van der Waals surface area contributed by atoms with Gasteiger partial charge in [0.05, 0.1) is 17.9 Å². The molecule has 3 rings (SSSR count).